The highest BCUT2D eigenvalue weighted by Crippen LogP contribution is 2.14. The van der Waals surface area contributed by atoms with Crippen molar-refractivity contribution in [2.75, 3.05) is 5.73 Å². The Morgan fingerprint density at radius 2 is 1.94 bits per heavy atom. The van der Waals surface area contributed by atoms with Gasteiger partial charge in [-0.3, -0.25) is 4.98 Å². The van der Waals surface area contributed by atoms with Crippen LogP contribution < -0.4 is 11.4 Å². The summed E-state index contributed by atoms with van der Waals surface area (Å²) in [5.41, 5.74) is 6.98. The summed E-state index contributed by atoms with van der Waals surface area (Å²) in [6, 6.07) is 7.78. The number of anilines is 1. The summed E-state index contributed by atoms with van der Waals surface area (Å²) in [5, 5.41) is 0. The van der Waals surface area contributed by atoms with E-state index in [2.05, 4.69) is 21.9 Å². The Hall–Kier alpha value is -2.17. The molecule has 5 heteroatoms. The minimum atomic E-state index is -0.484. The molecule has 2 aromatic rings. The summed E-state index contributed by atoms with van der Waals surface area (Å²) < 4.78 is 0. The summed E-state index contributed by atoms with van der Waals surface area (Å²) in [6.45, 7) is 2.08. The van der Waals surface area contributed by atoms with Crippen molar-refractivity contribution >= 4 is 5.95 Å². The van der Waals surface area contributed by atoms with Gasteiger partial charge in [0.1, 0.15) is 5.82 Å². The molecule has 0 aliphatic heterocycles. The topological polar surface area (TPSA) is 84.7 Å². The molecule has 1 aromatic carbocycles. The molecular formula is C11H12N4O. The van der Waals surface area contributed by atoms with E-state index in [0.29, 0.717) is 5.82 Å². The van der Waals surface area contributed by atoms with Crippen LogP contribution in [-0.4, -0.2) is 15.0 Å². The van der Waals surface area contributed by atoms with Gasteiger partial charge in [-0.2, -0.15) is 9.97 Å². The van der Waals surface area contributed by atoms with Gasteiger partial charge in [-0.05, 0) is 12.0 Å². The first-order chi connectivity index (χ1) is 7.69. The standard InChI is InChI=1S/C11H12N4O/c1-2-7-3-5-8(6-4-7)9-13-10(12)15-11(16)14-9/h3-6H,2H2,1H3,(H3,12,13,14,15,16). The summed E-state index contributed by atoms with van der Waals surface area (Å²) in [4.78, 5) is 21.1. The molecule has 0 saturated heterocycles. The molecule has 0 bridgehead atoms. The number of nitrogens with two attached hydrogens (primary N) is 1. The molecule has 82 valence electrons. The number of nitrogens with one attached hydrogen (secondary N) is 1. The third kappa shape index (κ3) is 2.08. The van der Waals surface area contributed by atoms with E-state index in [1.54, 1.807) is 0 Å². The lowest BCUT2D eigenvalue weighted by Gasteiger charge is -2.02. The number of hydrogen-bond donors (Lipinski definition) is 2. The lowest BCUT2D eigenvalue weighted by atomic mass is 10.1. The molecule has 0 amide bonds. The van der Waals surface area contributed by atoms with E-state index in [9.17, 15) is 4.79 Å². The van der Waals surface area contributed by atoms with Crippen molar-refractivity contribution < 1.29 is 0 Å². The second kappa shape index (κ2) is 4.14. The van der Waals surface area contributed by atoms with Crippen molar-refractivity contribution in [2.45, 2.75) is 13.3 Å². The van der Waals surface area contributed by atoms with Crippen LogP contribution in [0.5, 0.6) is 0 Å². The Morgan fingerprint density at radius 1 is 1.25 bits per heavy atom. The zero-order valence-electron chi connectivity index (χ0n) is 8.90. The van der Waals surface area contributed by atoms with Gasteiger partial charge in [0.15, 0.2) is 0 Å². The molecule has 16 heavy (non-hydrogen) atoms. The number of rotatable bonds is 2. The van der Waals surface area contributed by atoms with Gasteiger partial charge in [-0.1, -0.05) is 31.2 Å². The Kier molecular flexibility index (Phi) is 2.68. The van der Waals surface area contributed by atoms with Gasteiger partial charge in [0.05, 0.1) is 0 Å². The van der Waals surface area contributed by atoms with Crippen LogP contribution in [0.3, 0.4) is 0 Å². The molecule has 0 spiro atoms. The monoisotopic (exact) mass is 216 g/mol. The van der Waals surface area contributed by atoms with Crippen molar-refractivity contribution in [1.29, 1.82) is 0 Å². The van der Waals surface area contributed by atoms with Crippen LogP contribution in [0.25, 0.3) is 11.4 Å². The van der Waals surface area contributed by atoms with Gasteiger partial charge >= 0.3 is 5.69 Å². The molecule has 1 heterocycles. The van der Waals surface area contributed by atoms with Gasteiger partial charge in [0.25, 0.3) is 0 Å². The molecule has 5 nitrogen and oxygen atoms in total. The highest BCUT2D eigenvalue weighted by atomic mass is 16.1. The van der Waals surface area contributed by atoms with Gasteiger partial charge in [0.2, 0.25) is 5.95 Å². The fraction of sp³-hybridized carbons (Fsp3) is 0.182. The van der Waals surface area contributed by atoms with Crippen LogP contribution in [0.4, 0.5) is 5.95 Å². The third-order valence-corrected chi connectivity index (χ3v) is 2.30. The number of nitrogens with zero attached hydrogens (tertiary/aromatic N) is 2. The van der Waals surface area contributed by atoms with Crippen LogP contribution in [0, 0.1) is 0 Å². The molecule has 0 saturated carbocycles. The summed E-state index contributed by atoms with van der Waals surface area (Å²) in [5.74, 6) is 0.429. The number of aromatic nitrogens is 3. The molecule has 0 unspecified atom stereocenters. The minimum absolute atomic E-state index is 0.0154. The van der Waals surface area contributed by atoms with Crippen LogP contribution in [0.2, 0.25) is 0 Å². The second-order valence-electron chi connectivity index (χ2n) is 3.41. The molecule has 0 aliphatic carbocycles. The van der Waals surface area contributed by atoms with E-state index in [4.69, 9.17) is 5.73 Å². The predicted molar refractivity (Wildman–Crippen MR) is 61.9 cm³/mol. The van der Waals surface area contributed by atoms with Crippen molar-refractivity contribution in [3.63, 3.8) is 0 Å². The molecular weight excluding hydrogens is 204 g/mol. The van der Waals surface area contributed by atoms with Crippen LogP contribution in [-0.2, 0) is 6.42 Å². The largest absolute Gasteiger partial charge is 0.368 e. The Labute approximate surface area is 92.4 Å². The van der Waals surface area contributed by atoms with Crippen molar-refractivity contribution in [1.82, 2.24) is 15.0 Å². The van der Waals surface area contributed by atoms with E-state index in [-0.39, 0.29) is 5.95 Å². The lowest BCUT2D eigenvalue weighted by molar-refractivity contribution is 1.01. The average Bonchev–Trinajstić information content (AvgIpc) is 2.28. The molecule has 1 aromatic heterocycles. The van der Waals surface area contributed by atoms with Crippen LogP contribution in [0.15, 0.2) is 29.1 Å². The summed E-state index contributed by atoms with van der Waals surface area (Å²) in [7, 11) is 0. The lowest BCUT2D eigenvalue weighted by Crippen LogP contribution is -2.15. The maximum atomic E-state index is 11.1. The van der Waals surface area contributed by atoms with E-state index in [1.165, 1.54) is 5.56 Å². The van der Waals surface area contributed by atoms with Gasteiger partial charge in [-0.15, -0.1) is 0 Å². The van der Waals surface area contributed by atoms with Crippen molar-refractivity contribution in [2.24, 2.45) is 0 Å². The van der Waals surface area contributed by atoms with Gasteiger partial charge < -0.3 is 5.73 Å². The van der Waals surface area contributed by atoms with Gasteiger partial charge in [-0.25, -0.2) is 4.79 Å². The van der Waals surface area contributed by atoms with E-state index >= 15 is 0 Å². The molecule has 2 rings (SSSR count). The second-order valence-corrected chi connectivity index (χ2v) is 3.41. The first kappa shape index (κ1) is 10.4. The first-order valence-corrected chi connectivity index (χ1v) is 5.02. The Balaban J connectivity index is 2.46. The molecule has 3 N–H and O–H groups in total. The molecule has 0 fully saturated rings. The predicted octanol–water partition coefficient (Wildman–Crippen LogP) is 0.976. The quantitative estimate of drug-likeness (QED) is 0.783. The van der Waals surface area contributed by atoms with E-state index in [1.807, 2.05) is 24.3 Å². The highest BCUT2D eigenvalue weighted by Gasteiger charge is 2.02. The van der Waals surface area contributed by atoms with Crippen LogP contribution in [0.1, 0.15) is 12.5 Å². The molecule has 0 aliphatic rings. The summed E-state index contributed by atoms with van der Waals surface area (Å²) in [6.07, 6.45) is 0.975. The highest BCUT2D eigenvalue weighted by molar-refractivity contribution is 5.55. The zero-order chi connectivity index (χ0) is 11.5. The number of hydrogen-bond acceptors (Lipinski definition) is 4. The fourth-order valence-corrected chi connectivity index (χ4v) is 1.44. The number of H-pyrrole nitrogens is 1. The SMILES string of the molecule is CCc1ccc(-c2nc(N)nc(=O)[nH]2)cc1. The third-order valence-electron chi connectivity index (χ3n) is 2.30. The van der Waals surface area contributed by atoms with E-state index < -0.39 is 5.69 Å². The maximum Gasteiger partial charge on any atom is 0.349 e. The minimum Gasteiger partial charge on any atom is -0.368 e. The normalized spacial score (nSPS) is 10.3. The average molecular weight is 216 g/mol. The Morgan fingerprint density at radius 3 is 2.50 bits per heavy atom. The molecule has 0 atom stereocenters. The first-order valence-electron chi connectivity index (χ1n) is 5.02. The van der Waals surface area contributed by atoms with E-state index in [0.717, 1.165) is 12.0 Å². The maximum absolute atomic E-state index is 11.1. The number of aromatic amines is 1. The van der Waals surface area contributed by atoms with Gasteiger partial charge in [0, 0.05) is 5.56 Å². The smallest absolute Gasteiger partial charge is 0.349 e. The zero-order valence-corrected chi connectivity index (χ0v) is 8.90. The fourth-order valence-electron chi connectivity index (χ4n) is 1.44. The number of benzene rings is 1. The van der Waals surface area contributed by atoms with Crippen molar-refractivity contribution in [3.05, 3.63) is 40.3 Å². The summed E-state index contributed by atoms with van der Waals surface area (Å²) >= 11 is 0. The Bertz CT molecular complexity index is 545. The molecule has 0 radical (unpaired) electrons. The number of nitrogen functional groups attached to an aromatic ring is 1. The number of aryl methyl sites for hydroxylation is 1. The van der Waals surface area contributed by atoms with Crippen LogP contribution >= 0.6 is 0 Å². The van der Waals surface area contributed by atoms with Crippen molar-refractivity contribution in [3.8, 4) is 11.4 Å².